The summed E-state index contributed by atoms with van der Waals surface area (Å²) in [7, 11) is 0. The van der Waals surface area contributed by atoms with E-state index in [1.54, 1.807) is 17.0 Å². The number of carbonyl (C=O) groups excluding carboxylic acids is 1. The summed E-state index contributed by atoms with van der Waals surface area (Å²) in [4.78, 5) is 15.1. The zero-order valence-corrected chi connectivity index (χ0v) is 21.3. The number of thioether (sulfide) groups is 1. The second-order valence-corrected chi connectivity index (χ2v) is 10.3. The lowest BCUT2D eigenvalue weighted by atomic mass is 10.2. The Hall–Kier alpha value is -1.83. The summed E-state index contributed by atoms with van der Waals surface area (Å²) in [5.74, 6) is 0.586. The van der Waals surface area contributed by atoms with Gasteiger partial charge in [-0.2, -0.15) is 0 Å². The maximum absolute atomic E-state index is 12.9. The van der Waals surface area contributed by atoms with Crippen molar-refractivity contribution in [1.29, 1.82) is 0 Å². The van der Waals surface area contributed by atoms with Gasteiger partial charge in [-0.15, -0.1) is 0 Å². The van der Waals surface area contributed by atoms with Gasteiger partial charge in [0.25, 0.3) is 5.91 Å². The molecule has 0 atom stereocenters. The highest BCUT2D eigenvalue weighted by Gasteiger charge is 2.31. The average molecular weight is 565 g/mol. The fourth-order valence-electron chi connectivity index (χ4n) is 3.07. The summed E-state index contributed by atoms with van der Waals surface area (Å²) in [5, 5.41) is 1.14. The van der Waals surface area contributed by atoms with Crippen LogP contribution >= 0.6 is 63.1 Å². The van der Waals surface area contributed by atoms with Crippen LogP contribution in [-0.4, -0.2) is 15.1 Å². The van der Waals surface area contributed by atoms with Gasteiger partial charge in [-0.1, -0.05) is 89.6 Å². The number of hydrogen-bond acceptors (Lipinski definition) is 4. The van der Waals surface area contributed by atoms with Gasteiger partial charge in [-0.05, 0) is 57.4 Å². The van der Waals surface area contributed by atoms with Crippen LogP contribution in [0.3, 0.4) is 0 Å². The Kier molecular flexibility index (Phi) is 7.59. The van der Waals surface area contributed by atoms with Crippen LogP contribution < -0.4 is 4.74 Å². The van der Waals surface area contributed by atoms with Crippen LogP contribution in [0, 0.1) is 0 Å². The summed E-state index contributed by atoms with van der Waals surface area (Å²) in [5.41, 5.74) is 2.75. The van der Waals surface area contributed by atoms with Crippen molar-refractivity contribution in [2.45, 2.75) is 13.2 Å². The third kappa shape index (κ3) is 5.56. The van der Waals surface area contributed by atoms with E-state index in [2.05, 4.69) is 15.9 Å². The molecule has 0 saturated carbocycles. The number of carbonyl (C=O) groups is 1. The van der Waals surface area contributed by atoms with E-state index in [1.165, 1.54) is 11.8 Å². The predicted molar refractivity (Wildman–Crippen MR) is 140 cm³/mol. The number of rotatable bonds is 6. The zero-order chi connectivity index (χ0) is 22.7. The summed E-state index contributed by atoms with van der Waals surface area (Å²) < 4.78 is 7.23. The summed E-state index contributed by atoms with van der Waals surface area (Å²) in [6.45, 7) is 0.776. The largest absolute Gasteiger partial charge is 0.488 e. The third-order valence-electron chi connectivity index (χ3n) is 4.71. The molecule has 3 aromatic rings. The molecule has 0 N–H and O–H groups in total. The van der Waals surface area contributed by atoms with Crippen molar-refractivity contribution in [2.24, 2.45) is 0 Å². The highest BCUT2D eigenvalue weighted by molar-refractivity contribution is 9.10. The molecule has 0 unspecified atom stereocenters. The van der Waals surface area contributed by atoms with Crippen LogP contribution in [0.15, 0.2) is 76.1 Å². The van der Waals surface area contributed by atoms with Crippen molar-refractivity contribution in [3.8, 4) is 5.75 Å². The van der Waals surface area contributed by atoms with Crippen molar-refractivity contribution in [1.82, 2.24) is 4.90 Å². The molecular weight excluding hydrogens is 549 g/mol. The Balaban J connectivity index is 1.45. The molecule has 1 aliphatic heterocycles. The number of halogens is 3. The molecule has 32 heavy (non-hydrogen) atoms. The van der Waals surface area contributed by atoms with Crippen LogP contribution in [0.5, 0.6) is 5.75 Å². The van der Waals surface area contributed by atoms with Gasteiger partial charge in [0.2, 0.25) is 0 Å². The molecule has 0 aromatic heterocycles. The quantitative estimate of drug-likeness (QED) is 0.226. The van der Waals surface area contributed by atoms with E-state index in [9.17, 15) is 4.79 Å². The number of hydrogen-bond donors (Lipinski definition) is 0. The molecular formula is C24H16BrCl2NO2S2. The fourth-order valence-corrected chi connectivity index (χ4v) is 5.30. The van der Waals surface area contributed by atoms with Gasteiger partial charge in [0, 0.05) is 15.6 Å². The first-order valence-corrected chi connectivity index (χ1v) is 12.3. The molecule has 4 rings (SSSR count). The van der Waals surface area contributed by atoms with Gasteiger partial charge in [0.05, 0.1) is 15.9 Å². The number of ether oxygens (including phenoxy) is 1. The third-order valence-corrected chi connectivity index (χ3v) is 7.29. The van der Waals surface area contributed by atoms with Gasteiger partial charge < -0.3 is 4.74 Å². The first-order valence-electron chi connectivity index (χ1n) is 9.56. The molecule has 1 aliphatic rings. The lowest BCUT2D eigenvalue weighted by Crippen LogP contribution is -2.27. The minimum Gasteiger partial charge on any atom is -0.488 e. The second-order valence-electron chi connectivity index (χ2n) is 6.97. The van der Waals surface area contributed by atoms with Gasteiger partial charge in [-0.25, -0.2) is 0 Å². The Labute approximate surface area is 214 Å². The summed E-state index contributed by atoms with van der Waals surface area (Å²) in [6, 6.07) is 20.8. The normalized spacial score (nSPS) is 15.0. The first-order chi connectivity index (χ1) is 15.4. The van der Waals surface area contributed by atoms with E-state index in [1.807, 2.05) is 60.7 Å². The SMILES string of the molecule is O=C1/C(=C/c2ccc(OCc3ccc(Cl)cc3Cl)c(Br)c2)SC(=S)N1Cc1ccccc1. The van der Waals surface area contributed by atoms with Crippen LogP contribution in [0.4, 0.5) is 0 Å². The lowest BCUT2D eigenvalue weighted by molar-refractivity contribution is -0.122. The number of nitrogens with zero attached hydrogens (tertiary/aromatic N) is 1. The van der Waals surface area contributed by atoms with Crippen LogP contribution in [0.25, 0.3) is 6.08 Å². The van der Waals surface area contributed by atoms with Gasteiger partial charge in [0.1, 0.15) is 16.7 Å². The molecule has 1 saturated heterocycles. The molecule has 3 aromatic carbocycles. The van der Waals surface area contributed by atoms with Crippen molar-refractivity contribution >= 4 is 79.4 Å². The fraction of sp³-hybridized carbons (Fsp3) is 0.0833. The molecule has 162 valence electrons. The zero-order valence-electron chi connectivity index (χ0n) is 16.6. The maximum Gasteiger partial charge on any atom is 0.266 e. The van der Waals surface area contributed by atoms with Crippen molar-refractivity contribution < 1.29 is 9.53 Å². The molecule has 8 heteroatoms. The summed E-state index contributed by atoms with van der Waals surface area (Å²) >= 11 is 22.4. The van der Waals surface area contributed by atoms with Crippen LogP contribution in [0.1, 0.15) is 16.7 Å². The monoisotopic (exact) mass is 563 g/mol. The Morgan fingerprint density at radius 3 is 2.56 bits per heavy atom. The van der Waals surface area contributed by atoms with Crippen molar-refractivity contribution in [3.05, 3.63) is 103 Å². The summed E-state index contributed by atoms with van der Waals surface area (Å²) in [6.07, 6.45) is 1.84. The smallest absolute Gasteiger partial charge is 0.266 e. The average Bonchev–Trinajstić information content (AvgIpc) is 3.02. The Bertz CT molecular complexity index is 1220. The van der Waals surface area contributed by atoms with E-state index in [4.69, 9.17) is 40.2 Å². The molecule has 1 heterocycles. The standard InChI is InChI=1S/C24H16BrCl2NO2S2/c25-19-10-16(6-9-21(19)30-14-17-7-8-18(26)12-20(17)27)11-22-23(29)28(24(31)32-22)13-15-4-2-1-3-5-15/h1-12H,13-14H2/b22-11-. The first kappa shape index (κ1) is 23.3. The van der Waals surface area contributed by atoms with Crippen molar-refractivity contribution in [3.63, 3.8) is 0 Å². The Morgan fingerprint density at radius 1 is 1.06 bits per heavy atom. The predicted octanol–water partition coefficient (Wildman–Crippen LogP) is 7.74. The van der Waals surface area contributed by atoms with Crippen molar-refractivity contribution in [2.75, 3.05) is 0 Å². The number of benzene rings is 3. The molecule has 0 spiro atoms. The molecule has 1 fully saturated rings. The van der Waals surface area contributed by atoms with Gasteiger partial charge in [0.15, 0.2) is 0 Å². The van der Waals surface area contributed by atoms with E-state index in [0.717, 1.165) is 21.2 Å². The minimum absolute atomic E-state index is 0.0855. The Morgan fingerprint density at radius 2 is 1.84 bits per heavy atom. The molecule has 0 bridgehead atoms. The van der Waals surface area contributed by atoms with Crippen LogP contribution in [-0.2, 0) is 17.9 Å². The minimum atomic E-state index is -0.0855. The van der Waals surface area contributed by atoms with E-state index < -0.39 is 0 Å². The molecule has 3 nitrogen and oxygen atoms in total. The molecule has 0 radical (unpaired) electrons. The van der Waals surface area contributed by atoms with Gasteiger partial charge >= 0.3 is 0 Å². The topological polar surface area (TPSA) is 29.5 Å². The van der Waals surface area contributed by atoms with Gasteiger partial charge in [-0.3, -0.25) is 9.69 Å². The van der Waals surface area contributed by atoms with E-state index in [0.29, 0.717) is 38.2 Å². The maximum atomic E-state index is 12.9. The van der Waals surface area contributed by atoms with E-state index in [-0.39, 0.29) is 5.91 Å². The molecule has 1 amide bonds. The van der Waals surface area contributed by atoms with Crippen LogP contribution in [0.2, 0.25) is 10.0 Å². The van der Waals surface area contributed by atoms with E-state index >= 15 is 0 Å². The number of thiocarbonyl (C=S) groups is 1. The number of amides is 1. The highest BCUT2D eigenvalue weighted by atomic mass is 79.9. The lowest BCUT2D eigenvalue weighted by Gasteiger charge is -2.14. The second kappa shape index (κ2) is 10.4. The highest BCUT2D eigenvalue weighted by Crippen LogP contribution is 2.35. The molecule has 0 aliphatic carbocycles.